The van der Waals surface area contributed by atoms with Crippen molar-refractivity contribution in [3.63, 3.8) is 0 Å². The van der Waals surface area contributed by atoms with Crippen LogP contribution in [0.1, 0.15) is 64.2 Å². The molecule has 138 valence electrons. The fourth-order valence-electron chi connectivity index (χ4n) is 3.68. The van der Waals surface area contributed by atoms with E-state index in [-0.39, 0.29) is 18.1 Å². The Morgan fingerprint density at radius 3 is 2.68 bits per heavy atom. The second-order valence-corrected chi connectivity index (χ2v) is 7.18. The molecule has 0 aromatic rings. The van der Waals surface area contributed by atoms with Crippen molar-refractivity contribution in [1.29, 1.82) is 0 Å². The Labute approximate surface area is 150 Å². The minimum Gasteiger partial charge on any atom is -0.481 e. The Bertz CT molecular complexity index is 538. The first-order chi connectivity index (χ1) is 12.1. The molecule has 2 unspecified atom stereocenters. The van der Waals surface area contributed by atoms with Crippen LogP contribution < -0.4 is 0 Å². The molecule has 2 aliphatic carbocycles. The summed E-state index contributed by atoms with van der Waals surface area (Å²) in [5, 5.41) is 19.0. The molecule has 0 heterocycles. The van der Waals surface area contributed by atoms with Gasteiger partial charge < -0.3 is 10.2 Å². The summed E-state index contributed by atoms with van der Waals surface area (Å²) in [5.74, 6) is -0.389. The van der Waals surface area contributed by atoms with Gasteiger partial charge in [-0.3, -0.25) is 9.59 Å². The third-order valence-electron chi connectivity index (χ3n) is 5.21. The van der Waals surface area contributed by atoms with Gasteiger partial charge in [0, 0.05) is 17.9 Å². The Morgan fingerprint density at radius 2 is 1.96 bits per heavy atom. The maximum absolute atomic E-state index is 12.0. The number of hydrogen-bond acceptors (Lipinski definition) is 3. The van der Waals surface area contributed by atoms with Crippen molar-refractivity contribution in [2.45, 2.75) is 70.3 Å². The van der Waals surface area contributed by atoms with E-state index < -0.39 is 12.1 Å². The Balaban J connectivity index is 1.81. The molecule has 4 heteroatoms. The van der Waals surface area contributed by atoms with Crippen molar-refractivity contribution in [2.75, 3.05) is 0 Å². The highest BCUT2D eigenvalue weighted by atomic mass is 16.4. The van der Waals surface area contributed by atoms with Gasteiger partial charge in [0.2, 0.25) is 0 Å². The molecule has 1 fully saturated rings. The molecule has 2 N–H and O–H groups in total. The zero-order chi connectivity index (χ0) is 18.1. The zero-order valence-corrected chi connectivity index (χ0v) is 14.9. The number of carbonyl (C=O) groups is 2. The van der Waals surface area contributed by atoms with Crippen molar-refractivity contribution in [3.8, 4) is 0 Å². The SMILES string of the molecule is O=C(O)CCCCCC=C1C(=O)C=CC1C=CC(O)C1CCCCC1. The van der Waals surface area contributed by atoms with Crippen LogP contribution in [-0.2, 0) is 9.59 Å². The lowest BCUT2D eigenvalue weighted by Gasteiger charge is -2.24. The molecule has 0 spiro atoms. The van der Waals surface area contributed by atoms with Crippen molar-refractivity contribution in [2.24, 2.45) is 11.8 Å². The minimum atomic E-state index is -0.754. The summed E-state index contributed by atoms with van der Waals surface area (Å²) >= 11 is 0. The molecule has 4 nitrogen and oxygen atoms in total. The number of allylic oxidation sites excluding steroid dienone is 5. The quantitative estimate of drug-likeness (QED) is 0.373. The van der Waals surface area contributed by atoms with Gasteiger partial charge in [0.25, 0.3) is 0 Å². The van der Waals surface area contributed by atoms with Crippen LogP contribution >= 0.6 is 0 Å². The third kappa shape index (κ3) is 6.62. The molecule has 0 radical (unpaired) electrons. The topological polar surface area (TPSA) is 74.6 Å². The van der Waals surface area contributed by atoms with Gasteiger partial charge in [-0.2, -0.15) is 0 Å². The molecule has 2 atom stereocenters. The van der Waals surface area contributed by atoms with E-state index in [4.69, 9.17) is 5.11 Å². The molecule has 0 aromatic heterocycles. The maximum atomic E-state index is 12.0. The number of carboxylic acids is 1. The Hall–Kier alpha value is -1.68. The summed E-state index contributed by atoms with van der Waals surface area (Å²) in [7, 11) is 0. The second kappa shape index (κ2) is 10.3. The molecule has 2 aliphatic rings. The van der Waals surface area contributed by atoms with Crippen molar-refractivity contribution in [3.05, 3.63) is 36.0 Å². The van der Waals surface area contributed by atoms with Gasteiger partial charge in [0.15, 0.2) is 5.78 Å². The highest BCUT2D eigenvalue weighted by Crippen LogP contribution is 2.29. The van der Waals surface area contributed by atoms with Gasteiger partial charge in [-0.15, -0.1) is 0 Å². The summed E-state index contributed by atoms with van der Waals surface area (Å²) in [6, 6.07) is 0. The number of rotatable bonds is 9. The number of carbonyl (C=O) groups excluding carboxylic acids is 1. The number of unbranched alkanes of at least 4 members (excludes halogenated alkanes) is 3. The molecule has 1 saturated carbocycles. The van der Waals surface area contributed by atoms with Crippen molar-refractivity contribution in [1.82, 2.24) is 0 Å². The summed E-state index contributed by atoms with van der Waals surface area (Å²) in [4.78, 5) is 22.5. The standard InChI is InChI=1S/C21H30O4/c22-19(17-8-4-3-5-9-17)14-12-16-13-15-20(23)18(16)10-6-1-2-7-11-21(24)25/h10,12-17,19,22H,1-9,11H2,(H,24,25). The maximum Gasteiger partial charge on any atom is 0.303 e. The van der Waals surface area contributed by atoms with E-state index in [0.717, 1.165) is 37.7 Å². The van der Waals surface area contributed by atoms with E-state index >= 15 is 0 Å². The van der Waals surface area contributed by atoms with Crippen LogP contribution in [0.4, 0.5) is 0 Å². The summed E-state index contributed by atoms with van der Waals surface area (Å²) in [6.07, 6.45) is 18.2. The van der Waals surface area contributed by atoms with E-state index in [1.54, 1.807) is 6.08 Å². The van der Waals surface area contributed by atoms with Crippen molar-refractivity contribution < 1.29 is 19.8 Å². The predicted octanol–water partition coefficient (Wildman–Crippen LogP) is 4.20. The fraction of sp³-hybridized carbons (Fsp3) is 0.619. The predicted molar refractivity (Wildman–Crippen MR) is 98.2 cm³/mol. The van der Waals surface area contributed by atoms with Crippen LogP contribution in [0.2, 0.25) is 0 Å². The smallest absolute Gasteiger partial charge is 0.303 e. The monoisotopic (exact) mass is 346 g/mol. The average molecular weight is 346 g/mol. The highest BCUT2D eigenvalue weighted by Gasteiger charge is 2.23. The van der Waals surface area contributed by atoms with Gasteiger partial charge in [-0.25, -0.2) is 0 Å². The first-order valence-corrected chi connectivity index (χ1v) is 9.58. The normalized spacial score (nSPS) is 24.4. The highest BCUT2D eigenvalue weighted by molar-refractivity contribution is 6.07. The summed E-state index contributed by atoms with van der Waals surface area (Å²) in [5.41, 5.74) is 0.783. The molecule has 2 rings (SSSR count). The fourth-order valence-corrected chi connectivity index (χ4v) is 3.68. The van der Waals surface area contributed by atoms with Gasteiger partial charge >= 0.3 is 5.97 Å². The molecule has 25 heavy (non-hydrogen) atoms. The third-order valence-corrected chi connectivity index (χ3v) is 5.21. The van der Waals surface area contributed by atoms with Crippen LogP contribution in [0.3, 0.4) is 0 Å². The van der Waals surface area contributed by atoms with Crippen LogP contribution in [0.15, 0.2) is 36.0 Å². The van der Waals surface area contributed by atoms with E-state index in [9.17, 15) is 14.7 Å². The van der Waals surface area contributed by atoms with Crippen molar-refractivity contribution >= 4 is 11.8 Å². The lowest BCUT2D eigenvalue weighted by molar-refractivity contribution is -0.137. The average Bonchev–Trinajstić information content (AvgIpc) is 2.96. The number of carboxylic acid groups (broad SMARTS) is 1. The molecular formula is C21H30O4. The van der Waals surface area contributed by atoms with Crippen LogP contribution in [-0.4, -0.2) is 28.1 Å². The summed E-state index contributed by atoms with van der Waals surface area (Å²) in [6.45, 7) is 0. The van der Waals surface area contributed by atoms with Gasteiger partial charge in [0.1, 0.15) is 0 Å². The van der Waals surface area contributed by atoms with E-state index in [0.29, 0.717) is 12.3 Å². The van der Waals surface area contributed by atoms with Gasteiger partial charge in [0.05, 0.1) is 6.10 Å². The van der Waals surface area contributed by atoms with E-state index in [1.807, 2.05) is 24.3 Å². The Morgan fingerprint density at radius 1 is 1.20 bits per heavy atom. The molecular weight excluding hydrogens is 316 g/mol. The lowest BCUT2D eigenvalue weighted by atomic mass is 9.84. The molecule has 0 bridgehead atoms. The van der Waals surface area contributed by atoms with Gasteiger partial charge in [-0.1, -0.05) is 50.0 Å². The molecule has 0 aliphatic heterocycles. The first-order valence-electron chi connectivity index (χ1n) is 9.58. The second-order valence-electron chi connectivity index (χ2n) is 7.18. The lowest BCUT2D eigenvalue weighted by Crippen LogP contribution is -2.20. The van der Waals surface area contributed by atoms with Crippen LogP contribution in [0, 0.1) is 11.8 Å². The Kier molecular flexibility index (Phi) is 8.13. The van der Waals surface area contributed by atoms with E-state index in [2.05, 4.69) is 0 Å². The first kappa shape index (κ1) is 19.6. The number of aliphatic hydroxyl groups is 1. The van der Waals surface area contributed by atoms with Crippen LogP contribution in [0.5, 0.6) is 0 Å². The molecule has 0 amide bonds. The van der Waals surface area contributed by atoms with Gasteiger partial charge in [-0.05, 0) is 44.1 Å². The largest absolute Gasteiger partial charge is 0.481 e. The molecule has 0 saturated heterocycles. The molecule has 0 aromatic carbocycles. The zero-order valence-electron chi connectivity index (χ0n) is 14.9. The van der Waals surface area contributed by atoms with E-state index in [1.165, 1.54) is 19.3 Å². The number of hydrogen-bond donors (Lipinski definition) is 2. The number of ketones is 1. The van der Waals surface area contributed by atoms with Crippen LogP contribution in [0.25, 0.3) is 0 Å². The minimum absolute atomic E-state index is 0.0373. The number of aliphatic carboxylic acids is 1. The summed E-state index contributed by atoms with van der Waals surface area (Å²) < 4.78 is 0. The number of aliphatic hydroxyl groups excluding tert-OH is 1.